The van der Waals surface area contributed by atoms with Gasteiger partial charge in [0, 0.05) is 10.9 Å². The molecule has 2 nitrogen and oxygen atoms in total. The van der Waals surface area contributed by atoms with Crippen molar-refractivity contribution in [1.29, 1.82) is 0 Å². The van der Waals surface area contributed by atoms with Gasteiger partial charge < -0.3 is 4.74 Å². The molecule has 2 rings (SSSR count). The zero-order valence-electron chi connectivity index (χ0n) is 10.1. The van der Waals surface area contributed by atoms with E-state index < -0.39 is 0 Å². The highest BCUT2D eigenvalue weighted by molar-refractivity contribution is 9.10. The first-order valence-electron chi connectivity index (χ1n) is 6.09. The summed E-state index contributed by atoms with van der Waals surface area (Å²) in [5.74, 6) is 0. The molecule has 0 saturated carbocycles. The van der Waals surface area contributed by atoms with Crippen molar-refractivity contribution in [3.05, 3.63) is 32.8 Å². The Morgan fingerprint density at radius 3 is 2.76 bits per heavy atom. The van der Waals surface area contributed by atoms with Gasteiger partial charge in [0.2, 0.25) is 0 Å². The Balaban J connectivity index is 2.31. The van der Waals surface area contributed by atoms with Crippen LogP contribution < -0.4 is 0 Å². The summed E-state index contributed by atoms with van der Waals surface area (Å²) in [5.41, 5.74) is 5.71. The van der Waals surface area contributed by atoms with Crippen LogP contribution in [0.1, 0.15) is 35.1 Å². The monoisotopic (exact) mass is 296 g/mol. The fourth-order valence-electron chi connectivity index (χ4n) is 2.61. The second-order valence-corrected chi connectivity index (χ2v) is 5.38. The Morgan fingerprint density at radius 2 is 2.06 bits per heavy atom. The number of fused-ring (bicyclic) bond motifs is 1. The van der Waals surface area contributed by atoms with E-state index in [1.54, 1.807) is 0 Å². The van der Waals surface area contributed by atoms with Crippen molar-refractivity contribution in [3.63, 3.8) is 0 Å². The molecular formula is C14H17BrO2. The fraction of sp³-hybridized carbons (Fsp3) is 0.500. The first-order chi connectivity index (χ1) is 8.24. The molecular weight excluding hydrogens is 280 g/mol. The maximum atomic E-state index is 10.2. The SMILES string of the molecule is Cc1c(Br)cc(CCOC=O)c2c1CCCC2. The van der Waals surface area contributed by atoms with Gasteiger partial charge >= 0.3 is 0 Å². The van der Waals surface area contributed by atoms with Gasteiger partial charge in [-0.1, -0.05) is 15.9 Å². The zero-order chi connectivity index (χ0) is 12.3. The van der Waals surface area contributed by atoms with Gasteiger partial charge in [0.15, 0.2) is 0 Å². The van der Waals surface area contributed by atoms with Crippen molar-refractivity contribution in [2.24, 2.45) is 0 Å². The summed E-state index contributed by atoms with van der Waals surface area (Å²) in [5, 5.41) is 0. The molecule has 3 heteroatoms. The first-order valence-corrected chi connectivity index (χ1v) is 6.88. The quantitative estimate of drug-likeness (QED) is 0.629. The molecule has 0 radical (unpaired) electrons. The topological polar surface area (TPSA) is 26.3 Å². The van der Waals surface area contributed by atoms with Crippen molar-refractivity contribution in [2.45, 2.75) is 39.0 Å². The van der Waals surface area contributed by atoms with Crippen LogP contribution in [0.25, 0.3) is 0 Å². The van der Waals surface area contributed by atoms with Crippen LogP contribution >= 0.6 is 15.9 Å². The lowest BCUT2D eigenvalue weighted by Crippen LogP contribution is -2.10. The minimum Gasteiger partial charge on any atom is -0.468 e. The predicted molar refractivity (Wildman–Crippen MR) is 71.2 cm³/mol. The molecule has 1 aliphatic carbocycles. The molecule has 92 valence electrons. The number of benzene rings is 1. The standard InChI is InChI=1S/C14H17BrO2/c1-10-12-4-2-3-5-13(12)11(8-14(10)15)6-7-17-9-16/h8-9H,2-7H2,1H3. The summed E-state index contributed by atoms with van der Waals surface area (Å²) in [7, 11) is 0. The molecule has 0 heterocycles. The van der Waals surface area contributed by atoms with Gasteiger partial charge in [-0.25, -0.2) is 0 Å². The third kappa shape index (κ3) is 2.71. The van der Waals surface area contributed by atoms with Gasteiger partial charge in [-0.15, -0.1) is 0 Å². The lowest BCUT2D eigenvalue weighted by Gasteiger charge is -2.22. The van der Waals surface area contributed by atoms with E-state index in [-0.39, 0.29) is 0 Å². The van der Waals surface area contributed by atoms with Crippen LogP contribution in [0.4, 0.5) is 0 Å². The molecule has 0 bridgehead atoms. The van der Waals surface area contributed by atoms with Crippen molar-refractivity contribution < 1.29 is 9.53 Å². The van der Waals surface area contributed by atoms with Crippen molar-refractivity contribution in [2.75, 3.05) is 6.61 Å². The van der Waals surface area contributed by atoms with Gasteiger partial charge in [0.1, 0.15) is 0 Å². The second kappa shape index (κ2) is 5.67. The highest BCUT2D eigenvalue weighted by Crippen LogP contribution is 2.32. The summed E-state index contributed by atoms with van der Waals surface area (Å²) >= 11 is 3.62. The van der Waals surface area contributed by atoms with E-state index in [1.165, 1.54) is 52.4 Å². The minimum atomic E-state index is 0.478. The van der Waals surface area contributed by atoms with Crippen LogP contribution in [0.2, 0.25) is 0 Å². The molecule has 1 aliphatic rings. The van der Waals surface area contributed by atoms with Gasteiger partial charge in [0.25, 0.3) is 6.47 Å². The molecule has 0 aliphatic heterocycles. The van der Waals surface area contributed by atoms with Crippen LogP contribution in [-0.2, 0) is 28.8 Å². The van der Waals surface area contributed by atoms with Gasteiger partial charge in [0.05, 0.1) is 6.61 Å². The largest absolute Gasteiger partial charge is 0.468 e. The molecule has 0 aromatic heterocycles. The number of hydrogen-bond acceptors (Lipinski definition) is 2. The van der Waals surface area contributed by atoms with Gasteiger partial charge in [-0.2, -0.15) is 0 Å². The van der Waals surface area contributed by atoms with E-state index in [1.807, 2.05) is 0 Å². The molecule has 0 N–H and O–H groups in total. The number of halogens is 1. The summed E-state index contributed by atoms with van der Waals surface area (Å²) in [6.07, 6.45) is 5.73. The number of carbonyl (C=O) groups excluding carboxylic acids is 1. The Hall–Kier alpha value is -0.830. The average molecular weight is 297 g/mol. The van der Waals surface area contributed by atoms with Crippen LogP contribution in [0.3, 0.4) is 0 Å². The lowest BCUT2D eigenvalue weighted by atomic mass is 9.85. The third-order valence-electron chi connectivity index (χ3n) is 3.52. The molecule has 0 unspecified atom stereocenters. The maximum absolute atomic E-state index is 10.2. The predicted octanol–water partition coefficient (Wildman–Crippen LogP) is 3.35. The van der Waals surface area contributed by atoms with Gasteiger partial charge in [-0.05, 0) is 60.9 Å². The number of ether oxygens (including phenoxy) is 1. The molecule has 0 atom stereocenters. The molecule has 0 saturated heterocycles. The Labute approximate surface area is 110 Å². The number of carbonyl (C=O) groups is 1. The molecule has 0 fully saturated rings. The van der Waals surface area contributed by atoms with Crippen LogP contribution in [0.15, 0.2) is 10.5 Å². The van der Waals surface area contributed by atoms with Crippen LogP contribution in [0.5, 0.6) is 0 Å². The van der Waals surface area contributed by atoms with Crippen molar-refractivity contribution >= 4 is 22.4 Å². The van der Waals surface area contributed by atoms with E-state index in [0.29, 0.717) is 13.1 Å². The Morgan fingerprint density at radius 1 is 1.35 bits per heavy atom. The summed E-state index contributed by atoms with van der Waals surface area (Å²) in [4.78, 5) is 10.2. The normalized spacial score (nSPS) is 14.2. The summed E-state index contributed by atoms with van der Waals surface area (Å²) < 4.78 is 5.98. The zero-order valence-corrected chi connectivity index (χ0v) is 11.7. The van der Waals surface area contributed by atoms with Gasteiger partial charge in [-0.3, -0.25) is 4.79 Å². The van der Waals surface area contributed by atoms with E-state index in [4.69, 9.17) is 4.74 Å². The number of hydrogen-bond donors (Lipinski definition) is 0. The minimum absolute atomic E-state index is 0.478. The molecule has 0 spiro atoms. The van der Waals surface area contributed by atoms with Crippen LogP contribution in [0, 0.1) is 6.92 Å². The lowest BCUT2D eigenvalue weighted by molar-refractivity contribution is -0.128. The molecule has 1 aromatic carbocycles. The summed E-state index contributed by atoms with van der Waals surface area (Å²) in [6.45, 7) is 3.18. The Kier molecular flexibility index (Phi) is 4.21. The van der Waals surface area contributed by atoms with Crippen molar-refractivity contribution in [3.8, 4) is 0 Å². The smallest absolute Gasteiger partial charge is 0.293 e. The highest BCUT2D eigenvalue weighted by atomic mass is 79.9. The van der Waals surface area contributed by atoms with Crippen molar-refractivity contribution in [1.82, 2.24) is 0 Å². The second-order valence-electron chi connectivity index (χ2n) is 4.52. The van der Waals surface area contributed by atoms with E-state index in [0.717, 1.165) is 6.42 Å². The fourth-order valence-corrected chi connectivity index (χ4v) is 3.12. The van der Waals surface area contributed by atoms with E-state index in [9.17, 15) is 4.79 Å². The molecule has 1 aromatic rings. The number of rotatable bonds is 4. The molecule has 0 amide bonds. The van der Waals surface area contributed by atoms with Crippen LogP contribution in [-0.4, -0.2) is 13.1 Å². The van der Waals surface area contributed by atoms with E-state index in [2.05, 4.69) is 28.9 Å². The van der Waals surface area contributed by atoms with E-state index >= 15 is 0 Å². The summed E-state index contributed by atoms with van der Waals surface area (Å²) in [6, 6.07) is 2.19. The molecule has 17 heavy (non-hydrogen) atoms. The third-order valence-corrected chi connectivity index (χ3v) is 4.35. The maximum Gasteiger partial charge on any atom is 0.293 e. The Bertz CT molecular complexity index is 427. The highest BCUT2D eigenvalue weighted by Gasteiger charge is 2.17. The average Bonchev–Trinajstić information content (AvgIpc) is 2.36. The first kappa shape index (κ1) is 12.6.